The second-order valence-electron chi connectivity index (χ2n) is 8.52. The summed E-state index contributed by atoms with van der Waals surface area (Å²) in [6.45, 7) is 1.56. The van der Waals surface area contributed by atoms with Gasteiger partial charge in [0.1, 0.15) is 24.7 Å². The molecule has 2 aliphatic rings. The van der Waals surface area contributed by atoms with Crippen molar-refractivity contribution in [1.82, 2.24) is 9.80 Å². The van der Waals surface area contributed by atoms with Crippen LogP contribution in [0.25, 0.3) is 0 Å². The first-order valence-electron chi connectivity index (χ1n) is 11.2. The monoisotopic (exact) mass is 484 g/mol. The van der Waals surface area contributed by atoms with Crippen LogP contribution in [-0.4, -0.2) is 47.9 Å². The average molecular weight is 485 g/mol. The predicted octanol–water partition coefficient (Wildman–Crippen LogP) is 5.01. The van der Waals surface area contributed by atoms with Crippen molar-refractivity contribution >= 4 is 34.5 Å². The molecule has 33 heavy (non-hydrogen) atoms. The third-order valence-corrected chi connectivity index (χ3v) is 8.01. The fourth-order valence-electron chi connectivity index (χ4n) is 4.22. The maximum absolute atomic E-state index is 13.5. The zero-order valence-corrected chi connectivity index (χ0v) is 19.7. The van der Waals surface area contributed by atoms with E-state index in [1.165, 1.54) is 28.3 Å². The zero-order chi connectivity index (χ0) is 22.8. The number of hydrogen-bond donors (Lipinski definition) is 0. The molecule has 0 bridgehead atoms. The molecule has 2 amide bonds. The number of amides is 2. The Bertz CT molecular complexity index is 1110. The van der Waals surface area contributed by atoms with Crippen LogP contribution in [0.2, 0.25) is 0 Å². The molecule has 3 aromatic rings. The van der Waals surface area contributed by atoms with Crippen molar-refractivity contribution in [3.63, 3.8) is 0 Å². The lowest BCUT2D eigenvalue weighted by molar-refractivity contribution is -0.135. The lowest BCUT2D eigenvalue weighted by atomic mass is 10.0. The van der Waals surface area contributed by atoms with Crippen molar-refractivity contribution in [2.24, 2.45) is 5.92 Å². The van der Waals surface area contributed by atoms with E-state index in [4.69, 9.17) is 4.74 Å². The highest BCUT2D eigenvalue weighted by Gasteiger charge is 2.35. The van der Waals surface area contributed by atoms with Gasteiger partial charge < -0.3 is 14.5 Å². The Labute approximate surface area is 200 Å². The molecule has 1 aromatic carbocycles. The summed E-state index contributed by atoms with van der Waals surface area (Å²) in [5.41, 5.74) is 1.10. The van der Waals surface area contributed by atoms with Crippen LogP contribution >= 0.6 is 22.7 Å². The van der Waals surface area contributed by atoms with E-state index < -0.39 is 0 Å². The summed E-state index contributed by atoms with van der Waals surface area (Å²) in [6.07, 6.45) is 3.02. The van der Waals surface area contributed by atoms with Crippen LogP contribution in [0.5, 0.6) is 5.75 Å². The van der Waals surface area contributed by atoms with Crippen molar-refractivity contribution in [3.05, 3.63) is 74.4 Å². The van der Waals surface area contributed by atoms with Gasteiger partial charge in [0.25, 0.3) is 5.91 Å². The number of thiophene rings is 2. The highest BCUT2D eigenvalue weighted by Crippen LogP contribution is 2.35. The topological polar surface area (TPSA) is 49.9 Å². The fourth-order valence-corrected chi connectivity index (χ4v) is 5.84. The molecule has 1 aliphatic carbocycles. The Kier molecular flexibility index (Phi) is 6.46. The SMILES string of the molecule is O=C(c1cccs1)N(CC(=O)N1CCc2sccc2[C@H]1COc1ccc(F)cc1)CC1CC1. The minimum atomic E-state index is -0.317. The van der Waals surface area contributed by atoms with Crippen LogP contribution in [0.15, 0.2) is 53.2 Å². The molecule has 1 aliphatic heterocycles. The molecule has 2 aromatic heterocycles. The van der Waals surface area contributed by atoms with E-state index in [0.29, 0.717) is 29.6 Å². The van der Waals surface area contributed by atoms with Gasteiger partial charge in [-0.1, -0.05) is 6.07 Å². The van der Waals surface area contributed by atoms with Gasteiger partial charge in [-0.3, -0.25) is 9.59 Å². The first kappa shape index (κ1) is 22.1. The number of carbonyl (C=O) groups is 2. The van der Waals surface area contributed by atoms with E-state index in [2.05, 4.69) is 6.07 Å². The number of hydrogen-bond acceptors (Lipinski definition) is 5. The fraction of sp³-hybridized carbons (Fsp3) is 0.360. The standard InChI is InChI=1S/C25H25FN2O3S2/c26-18-5-7-19(8-6-18)31-16-21-20-10-13-33-22(20)9-11-28(21)24(29)15-27(14-17-3-4-17)25(30)23-2-1-12-32-23/h1-2,5-8,10,12-13,17,21H,3-4,9,11,14-16H2/t21-/m1/s1. The minimum Gasteiger partial charge on any atom is -0.491 e. The summed E-state index contributed by atoms with van der Waals surface area (Å²) in [7, 11) is 0. The molecule has 0 spiro atoms. The number of carbonyl (C=O) groups excluding carboxylic acids is 2. The van der Waals surface area contributed by atoms with Crippen molar-refractivity contribution in [2.75, 3.05) is 26.2 Å². The molecule has 8 heteroatoms. The van der Waals surface area contributed by atoms with Gasteiger partial charge in [0.05, 0.1) is 10.9 Å². The van der Waals surface area contributed by atoms with Crippen LogP contribution in [0.4, 0.5) is 4.39 Å². The molecule has 172 valence electrons. The number of ether oxygens (including phenoxy) is 1. The Morgan fingerprint density at radius 3 is 2.64 bits per heavy atom. The van der Waals surface area contributed by atoms with E-state index >= 15 is 0 Å². The van der Waals surface area contributed by atoms with E-state index in [1.54, 1.807) is 28.4 Å². The first-order chi connectivity index (χ1) is 16.1. The van der Waals surface area contributed by atoms with Crippen LogP contribution in [0.3, 0.4) is 0 Å². The third-order valence-electron chi connectivity index (χ3n) is 6.16. The normalized spacial score (nSPS) is 17.5. The predicted molar refractivity (Wildman–Crippen MR) is 127 cm³/mol. The van der Waals surface area contributed by atoms with Crippen molar-refractivity contribution in [1.29, 1.82) is 0 Å². The maximum atomic E-state index is 13.5. The van der Waals surface area contributed by atoms with Gasteiger partial charge in [0.2, 0.25) is 5.91 Å². The highest BCUT2D eigenvalue weighted by atomic mass is 32.1. The number of halogens is 1. The zero-order valence-electron chi connectivity index (χ0n) is 18.1. The summed E-state index contributed by atoms with van der Waals surface area (Å²) in [5, 5.41) is 3.93. The molecule has 0 radical (unpaired) electrons. The van der Waals surface area contributed by atoms with Crippen LogP contribution in [0.1, 0.15) is 39.0 Å². The second-order valence-corrected chi connectivity index (χ2v) is 10.5. The van der Waals surface area contributed by atoms with Gasteiger partial charge in [-0.25, -0.2) is 4.39 Å². The number of rotatable bonds is 8. The van der Waals surface area contributed by atoms with Gasteiger partial charge in [0, 0.05) is 18.0 Å². The molecule has 3 heterocycles. The van der Waals surface area contributed by atoms with Gasteiger partial charge in [-0.2, -0.15) is 0 Å². The molecular formula is C25H25FN2O3S2. The van der Waals surface area contributed by atoms with Crippen molar-refractivity contribution < 1.29 is 18.7 Å². The Morgan fingerprint density at radius 1 is 1.09 bits per heavy atom. The Hall–Kier alpha value is -2.71. The summed E-state index contributed by atoms with van der Waals surface area (Å²) in [5.74, 6) is 0.601. The van der Waals surface area contributed by atoms with E-state index in [0.717, 1.165) is 24.8 Å². The number of fused-ring (bicyclic) bond motifs is 1. The largest absolute Gasteiger partial charge is 0.491 e. The van der Waals surface area contributed by atoms with Crippen molar-refractivity contribution in [2.45, 2.75) is 25.3 Å². The molecule has 5 rings (SSSR count). The molecule has 5 nitrogen and oxygen atoms in total. The molecule has 1 atom stereocenters. The third kappa shape index (κ3) is 5.12. The van der Waals surface area contributed by atoms with Gasteiger partial charge in [-0.15, -0.1) is 22.7 Å². The molecule has 0 unspecified atom stereocenters. The van der Waals surface area contributed by atoms with E-state index in [9.17, 15) is 14.0 Å². The number of nitrogens with zero attached hydrogens (tertiary/aromatic N) is 2. The van der Waals surface area contributed by atoms with E-state index in [-0.39, 0.29) is 36.8 Å². The van der Waals surface area contributed by atoms with Gasteiger partial charge >= 0.3 is 0 Å². The van der Waals surface area contributed by atoms with E-state index in [1.807, 2.05) is 27.8 Å². The second kappa shape index (κ2) is 9.65. The number of benzene rings is 1. The van der Waals surface area contributed by atoms with Gasteiger partial charge in [-0.05, 0) is 77.9 Å². The molecule has 1 saturated carbocycles. The Morgan fingerprint density at radius 2 is 1.91 bits per heavy atom. The summed E-state index contributed by atoms with van der Waals surface area (Å²) in [6, 6.07) is 11.4. The summed E-state index contributed by atoms with van der Waals surface area (Å²) < 4.78 is 19.2. The van der Waals surface area contributed by atoms with Crippen LogP contribution in [0, 0.1) is 11.7 Å². The van der Waals surface area contributed by atoms with Crippen LogP contribution < -0.4 is 4.74 Å². The molecule has 0 N–H and O–H groups in total. The average Bonchev–Trinajstić information content (AvgIpc) is 3.27. The summed E-state index contributed by atoms with van der Waals surface area (Å²) in [4.78, 5) is 32.1. The lowest BCUT2D eigenvalue weighted by Gasteiger charge is -2.37. The Balaban J connectivity index is 1.33. The molecule has 1 fully saturated rings. The lowest BCUT2D eigenvalue weighted by Crippen LogP contribution is -2.48. The highest BCUT2D eigenvalue weighted by molar-refractivity contribution is 7.12. The minimum absolute atomic E-state index is 0.0647. The maximum Gasteiger partial charge on any atom is 0.264 e. The van der Waals surface area contributed by atoms with Crippen molar-refractivity contribution in [3.8, 4) is 5.75 Å². The summed E-state index contributed by atoms with van der Waals surface area (Å²) >= 11 is 3.10. The van der Waals surface area contributed by atoms with Gasteiger partial charge in [0.15, 0.2) is 0 Å². The smallest absolute Gasteiger partial charge is 0.264 e. The van der Waals surface area contributed by atoms with Crippen LogP contribution in [-0.2, 0) is 11.2 Å². The quantitative estimate of drug-likeness (QED) is 0.452. The first-order valence-corrected chi connectivity index (χ1v) is 12.9. The molecule has 0 saturated heterocycles. The molecular weight excluding hydrogens is 459 g/mol.